The Morgan fingerprint density at radius 1 is 1.40 bits per heavy atom. The van der Waals surface area contributed by atoms with Gasteiger partial charge >= 0.3 is 0 Å². The molecule has 1 atom stereocenters. The van der Waals surface area contributed by atoms with Crippen LogP contribution in [0.2, 0.25) is 0 Å². The van der Waals surface area contributed by atoms with Gasteiger partial charge in [-0.05, 0) is 17.5 Å². The molecule has 0 spiro atoms. The van der Waals surface area contributed by atoms with E-state index >= 15 is 0 Å². The summed E-state index contributed by atoms with van der Waals surface area (Å²) in [5.74, 6) is 0.513. The van der Waals surface area contributed by atoms with Crippen molar-refractivity contribution >= 4 is 11.5 Å². The van der Waals surface area contributed by atoms with Gasteiger partial charge in [0.2, 0.25) is 0 Å². The number of nitrogens with one attached hydrogen (secondary N) is 1. The molecular weight excluding hydrogens is 254 g/mol. The summed E-state index contributed by atoms with van der Waals surface area (Å²) in [7, 11) is 0. The zero-order valence-corrected chi connectivity index (χ0v) is 11.0. The number of aromatic nitrogens is 2. The van der Waals surface area contributed by atoms with Crippen molar-refractivity contribution in [2.45, 2.75) is 12.5 Å². The van der Waals surface area contributed by atoms with Crippen LogP contribution in [0.4, 0.5) is 11.5 Å². The van der Waals surface area contributed by atoms with Crippen LogP contribution in [0, 0.1) is 0 Å². The van der Waals surface area contributed by atoms with Gasteiger partial charge in [-0.1, -0.05) is 24.3 Å². The molecule has 0 amide bonds. The Labute approximate surface area is 116 Å². The van der Waals surface area contributed by atoms with Gasteiger partial charge in [0.15, 0.2) is 5.82 Å². The van der Waals surface area contributed by atoms with Crippen molar-refractivity contribution < 1.29 is 0 Å². The lowest BCUT2D eigenvalue weighted by molar-refractivity contribution is 0.584. The maximum absolute atomic E-state index is 11.6. The minimum Gasteiger partial charge on any atom is -0.391 e. The van der Waals surface area contributed by atoms with Gasteiger partial charge < -0.3 is 21.4 Å². The van der Waals surface area contributed by atoms with Crippen LogP contribution < -0.4 is 21.9 Å². The van der Waals surface area contributed by atoms with E-state index in [-0.39, 0.29) is 17.3 Å². The summed E-state index contributed by atoms with van der Waals surface area (Å²) in [4.78, 5) is 20.4. The molecule has 0 aliphatic carbocycles. The summed E-state index contributed by atoms with van der Waals surface area (Å²) < 4.78 is 0. The van der Waals surface area contributed by atoms with Gasteiger partial charge in [-0.25, -0.2) is 4.98 Å². The Hall–Kier alpha value is -2.34. The first-order valence-corrected chi connectivity index (χ1v) is 6.60. The Bertz CT molecular complexity index is 681. The van der Waals surface area contributed by atoms with Crippen molar-refractivity contribution in [3.05, 3.63) is 52.1 Å². The second-order valence-electron chi connectivity index (χ2n) is 4.86. The van der Waals surface area contributed by atoms with E-state index in [2.05, 4.69) is 22.1 Å². The second kappa shape index (κ2) is 4.97. The molecule has 2 aromatic rings. The van der Waals surface area contributed by atoms with Crippen molar-refractivity contribution in [2.24, 2.45) is 5.73 Å². The lowest BCUT2D eigenvalue weighted by Crippen LogP contribution is -2.41. The van der Waals surface area contributed by atoms with Crippen molar-refractivity contribution in [3.63, 3.8) is 0 Å². The van der Waals surface area contributed by atoms with Crippen LogP contribution in [-0.2, 0) is 6.42 Å². The molecule has 0 bridgehead atoms. The number of anilines is 2. The summed E-state index contributed by atoms with van der Waals surface area (Å²) in [6.07, 6.45) is 2.27. The molecule has 0 saturated heterocycles. The summed E-state index contributed by atoms with van der Waals surface area (Å²) >= 11 is 0. The van der Waals surface area contributed by atoms with Gasteiger partial charge in [0.05, 0.1) is 12.4 Å². The second-order valence-corrected chi connectivity index (χ2v) is 4.86. The predicted octanol–water partition coefficient (Wildman–Crippen LogP) is 0.415. The normalized spacial score (nSPS) is 17.9. The van der Waals surface area contributed by atoms with E-state index in [1.54, 1.807) is 0 Å². The third-order valence-corrected chi connectivity index (χ3v) is 3.78. The molecule has 6 nitrogen and oxygen atoms in total. The van der Waals surface area contributed by atoms with Crippen LogP contribution in [0.3, 0.4) is 0 Å². The molecule has 1 aromatic carbocycles. The molecule has 0 saturated carbocycles. The van der Waals surface area contributed by atoms with Crippen LogP contribution >= 0.6 is 0 Å². The van der Waals surface area contributed by atoms with Crippen molar-refractivity contribution in [3.8, 4) is 0 Å². The number of nitrogen functional groups attached to an aromatic ring is 1. The third-order valence-electron chi connectivity index (χ3n) is 3.78. The standard InChI is InChI=1S/C14H17N5O/c15-7-11-10-4-2-1-3-9(10)5-6-19(11)13-12(16)14(20)18-8-17-13/h1-4,8,11H,5-7,15-16H2,(H,17,18,20). The average molecular weight is 271 g/mol. The molecule has 1 aliphatic rings. The van der Waals surface area contributed by atoms with Crippen LogP contribution in [-0.4, -0.2) is 23.1 Å². The predicted molar refractivity (Wildman–Crippen MR) is 78.6 cm³/mol. The summed E-state index contributed by atoms with van der Waals surface area (Å²) in [6, 6.07) is 8.21. The van der Waals surface area contributed by atoms with Gasteiger partial charge in [-0.3, -0.25) is 4.79 Å². The maximum atomic E-state index is 11.6. The molecule has 2 heterocycles. The first kappa shape index (κ1) is 12.7. The highest BCUT2D eigenvalue weighted by atomic mass is 16.1. The zero-order chi connectivity index (χ0) is 14.1. The van der Waals surface area contributed by atoms with E-state index in [1.807, 2.05) is 17.0 Å². The highest BCUT2D eigenvalue weighted by Crippen LogP contribution is 2.33. The number of hydrogen-bond donors (Lipinski definition) is 3. The van der Waals surface area contributed by atoms with E-state index < -0.39 is 0 Å². The first-order valence-electron chi connectivity index (χ1n) is 6.60. The lowest BCUT2D eigenvalue weighted by Gasteiger charge is -2.37. The SMILES string of the molecule is NCC1c2ccccc2CCN1c1nc[nH]c(=O)c1N. The van der Waals surface area contributed by atoms with Crippen LogP contribution in [0.25, 0.3) is 0 Å². The Morgan fingerprint density at radius 2 is 2.20 bits per heavy atom. The highest BCUT2D eigenvalue weighted by Gasteiger charge is 2.28. The summed E-state index contributed by atoms with van der Waals surface area (Å²) in [6.45, 7) is 1.20. The van der Waals surface area contributed by atoms with Crippen LogP contribution in [0.5, 0.6) is 0 Å². The molecule has 20 heavy (non-hydrogen) atoms. The fourth-order valence-corrected chi connectivity index (χ4v) is 2.79. The maximum Gasteiger partial charge on any atom is 0.276 e. The fourth-order valence-electron chi connectivity index (χ4n) is 2.79. The smallest absolute Gasteiger partial charge is 0.276 e. The number of fused-ring (bicyclic) bond motifs is 1. The van der Waals surface area contributed by atoms with Crippen molar-refractivity contribution in [1.29, 1.82) is 0 Å². The molecule has 1 aliphatic heterocycles. The number of benzene rings is 1. The average Bonchev–Trinajstić information content (AvgIpc) is 2.49. The van der Waals surface area contributed by atoms with Gasteiger partial charge in [0.1, 0.15) is 5.69 Å². The number of nitrogens with zero attached hydrogens (tertiary/aromatic N) is 2. The molecule has 0 fully saturated rings. The molecular formula is C14H17N5O. The monoisotopic (exact) mass is 271 g/mol. The van der Waals surface area contributed by atoms with Gasteiger partial charge in [-0.15, -0.1) is 0 Å². The van der Waals surface area contributed by atoms with E-state index in [1.165, 1.54) is 17.5 Å². The Morgan fingerprint density at radius 3 is 3.00 bits per heavy atom. The molecule has 5 N–H and O–H groups in total. The summed E-state index contributed by atoms with van der Waals surface area (Å²) in [5, 5.41) is 0. The first-order chi connectivity index (χ1) is 9.72. The molecule has 6 heteroatoms. The number of hydrogen-bond acceptors (Lipinski definition) is 5. The number of H-pyrrole nitrogens is 1. The molecule has 104 valence electrons. The van der Waals surface area contributed by atoms with Crippen molar-refractivity contribution in [1.82, 2.24) is 9.97 Å². The number of nitrogens with two attached hydrogens (primary N) is 2. The molecule has 1 unspecified atom stereocenters. The minimum atomic E-state index is -0.315. The zero-order valence-electron chi connectivity index (χ0n) is 11.0. The van der Waals surface area contributed by atoms with Crippen LogP contribution in [0.1, 0.15) is 17.2 Å². The Balaban J connectivity index is 2.07. The minimum absolute atomic E-state index is 0.00319. The van der Waals surface area contributed by atoms with Crippen molar-refractivity contribution in [2.75, 3.05) is 23.7 Å². The number of aromatic amines is 1. The van der Waals surface area contributed by atoms with Gasteiger partial charge in [-0.2, -0.15) is 0 Å². The van der Waals surface area contributed by atoms with Crippen LogP contribution in [0.15, 0.2) is 35.4 Å². The van der Waals surface area contributed by atoms with Gasteiger partial charge in [0.25, 0.3) is 5.56 Å². The third kappa shape index (κ3) is 1.94. The fraction of sp³-hybridized carbons (Fsp3) is 0.286. The quantitative estimate of drug-likeness (QED) is 0.734. The summed E-state index contributed by atoms with van der Waals surface area (Å²) in [5.41, 5.74) is 14.1. The molecule has 1 aromatic heterocycles. The van der Waals surface area contributed by atoms with Gasteiger partial charge in [0, 0.05) is 13.1 Å². The largest absolute Gasteiger partial charge is 0.391 e. The Kier molecular flexibility index (Phi) is 3.15. The van der Waals surface area contributed by atoms with E-state index in [0.29, 0.717) is 12.4 Å². The van der Waals surface area contributed by atoms with E-state index in [4.69, 9.17) is 11.5 Å². The topological polar surface area (TPSA) is 101 Å². The number of rotatable bonds is 2. The lowest BCUT2D eigenvalue weighted by atomic mass is 9.92. The molecule has 0 radical (unpaired) electrons. The highest BCUT2D eigenvalue weighted by molar-refractivity contribution is 5.63. The molecule has 3 rings (SSSR count). The van der Waals surface area contributed by atoms with E-state index in [9.17, 15) is 4.79 Å². The van der Waals surface area contributed by atoms with E-state index in [0.717, 1.165) is 13.0 Å².